The van der Waals surface area contributed by atoms with Crippen LogP contribution in [-0.2, 0) is 23.2 Å². The molecule has 1 heterocycles. The minimum absolute atomic E-state index is 0.192. The molecular weight excluding hydrogens is 201 g/mol. The fourth-order valence-electron chi connectivity index (χ4n) is 0.840. The van der Waals surface area contributed by atoms with Gasteiger partial charge < -0.3 is 0 Å². The molecule has 0 aromatic carbocycles. The van der Waals surface area contributed by atoms with E-state index in [-0.39, 0.29) is 23.2 Å². The van der Waals surface area contributed by atoms with E-state index in [9.17, 15) is 0 Å². The Labute approximate surface area is 73.8 Å². The Kier molecular flexibility index (Phi) is 4.05. The topological polar surface area (TPSA) is 15.8 Å². The van der Waals surface area contributed by atoms with Crippen molar-refractivity contribution in [3.63, 3.8) is 0 Å². The van der Waals surface area contributed by atoms with Gasteiger partial charge in [-0.25, -0.2) is 0 Å². The SMILES string of the molecule is CCC[CH2][Zr][c]1ccc[nH]1. The first-order valence-corrected chi connectivity index (χ1v) is 6.77. The first-order valence-electron chi connectivity index (χ1n) is 3.80. The molecule has 10 heavy (non-hydrogen) atoms. The van der Waals surface area contributed by atoms with Crippen molar-refractivity contribution >= 4 is 3.40 Å². The van der Waals surface area contributed by atoms with Gasteiger partial charge in [-0.3, -0.25) is 0 Å². The van der Waals surface area contributed by atoms with Crippen LogP contribution in [0.4, 0.5) is 0 Å². The van der Waals surface area contributed by atoms with Crippen LogP contribution in [0.3, 0.4) is 0 Å². The molecule has 1 aromatic heterocycles. The Balaban J connectivity index is 2.15. The van der Waals surface area contributed by atoms with E-state index >= 15 is 0 Å². The van der Waals surface area contributed by atoms with E-state index in [4.69, 9.17) is 0 Å². The maximum atomic E-state index is 3.27. The van der Waals surface area contributed by atoms with Crippen LogP contribution in [0, 0.1) is 0 Å². The molecule has 0 radical (unpaired) electrons. The van der Waals surface area contributed by atoms with Gasteiger partial charge in [0, 0.05) is 0 Å². The predicted octanol–water partition coefficient (Wildman–Crippen LogP) is 1.94. The monoisotopic (exact) mass is 213 g/mol. The summed E-state index contributed by atoms with van der Waals surface area (Å²) in [7, 11) is 0. The van der Waals surface area contributed by atoms with Gasteiger partial charge in [-0.1, -0.05) is 0 Å². The fraction of sp³-hybridized carbons (Fsp3) is 0.500. The normalized spacial score (nSPS) is 9.70. The summed E-state index contributed by atoms with van der Waals surface area (Å²) in [4.78, 5) is 3.27. The second kappa shape index (κ2) is 4.90. The predicted molar refractivity (Wildman–Crippen MR) is 40.1 cm³/mol. The number of unbranched alkanes of at least 4 members (excludes halogenated alkanes) is 1. The van der Waals surface area contributed by atoms with Crippen molar-refractivity contribution in [3.05, 3.63) is 18.3 Å². The van der Waals surface area contributed by atoms with Gasteiger partial charge in [0.15, 0.2) is 0 Å². The summed E-state index contributed by atoms with van der Waals surface area (Å²) in [6, 6.07) is 4.32. The number of aromatic amines is 1. The third-order valence-electron chi connectivity index (χ3n) is 1.44. The van der Waals surface area contributed by atoms with E-state index in [2.05, 4.69) is 24.0 Å². The van der Waals surface area contributed by atoms with Gasteiger partial charge in [0.2, 0.25) is 0 Å². The molecule has 1 rings (SSSR count). The molecule has 54 valence electrons. The molecular formula is C8H13NZr. The van der Waals surface area contributed by atoms with E-state index in [1.165, 1.54) is 20.4 Å². The molecule has 0 saturated heterocycles. The van der Waals surface area contributed by atoms with Crippen molar-refractivity contribution in [1.29, 1.82) is 0 Å². The third-order valence-corrected chi connectivity index (χ3v) is 4.63. The van der Waals surface area contributed by atoms with E-state index in [0.29, 0.717) is 0 Å². The number of H-pyrrole nitrogens is 1. The van der Waals surface area contributed by atoms with E-state index in [0.717, 1.165) is 0 Å². The zero-order chi connectivity index (χ0) is 7.23. The van der Waals surface area contributed by atoms with Crippen LogP contribution >= 0.6 is 0 Å². The average Bonchev–Trinajstić information content (AvgIpc) is 2.41. The van der Waals surface area contributed by atoms with Crippen LogP contribution in [0.15, 0.2) is 18.3 Å². The number of rotatable bonds is 4. The van der Waals surface area contributed by atoms with Crippen molar-refractivity contribution < 1.29 is 23.2 Å². The van der Waals surface area contributed by atoms with Crippen molar-refractivity contribution in [2.24, 2.45) is 0 Å². The molecule has 2 heteroatoms. The molecule has 0 aliphatic heterocycles. The standard InChI is InChI=1S/C4H4N.C4H9.Zr/c1-2-4-5-3-1;1-3-4-2;/h1-3,5H;1,3-4H2,2H3;. The summed E-state index contributed by atoms with van der Waals surface area (Å²) >= 11 is -0.192. The van der Waals surface area contributed by atoms with Crippen LogP contribution < -0.4 is 3.40 Å². The second-order valence-corrected chi connectivity index (χ2v) is 5.79. The third kappa shape index (κ3) is 2.83. The Morgan fingerprint density at radius 3 is 3.10 bits per heavy atom. The first kappa shape index (κ1) is 8.26. The van der Waals surface area contributed by atoms with Crippen molar-refractivity contribution in [1.82, 2.24) is 4.98 Å². The summed E-state index contributed by atoms with van der Waals surface area (Å²) in [6.07, 6.45) is 4.80. The molecule has 0 saturated carbocycles. The molecule has 0 aliphatic rings. The summed E-state index contributed by atoms with van der Waals surface area (Å²) in [5.74, 6) is 0. The minimum atomic E-state index is -0.192. The van der Waals surface area contributed by atoms with Crippen molar-refractivity contribution in [2.75, 3.05) is 0 Å². The first-order chi connectivity index (χ1) is 4.93. The quantitative estimate of drug-likeness (QED) is 0.737. The Bertz CT molecular complexity index is 158. The molecule has 0 bridgehead atoms. The van der Waals surface area contributed by atoms with Crippen LogP contribution in [0.1, 0.15) is 19.8 Å². The molecule has 0 unspecified atom stereocenters. The van der Waals surface area contributed by atoms with Gasteiger partial charge in [0.25, 0.3) is 0 Å². The van der Waals surface area contributed by atoms with Crippen molar-refractivity contribution in [3.8, 4) is 0 Å². The summed E-state index contributed by atoms with van der Waals surface area (Å²) in [5.41, 5.74) is 0. The van der Waals surface area contributed by atoms with Crippen LogP contribution in [0.25, 0.3) is 0 Å². The molecule has 1 N–H and O–H groups in total. The molecule has 1 aromatic rings. The van der Waals surface area contributed by atoms with Gasteiger partial charge in [0.05, 0.1) is 0 Å². The van der Waals surface area contributed by atoms with Gasteiger partial charge in [-0.2, -0.15) is 0 Å². The maximum absolute atomic E-state index is 3.27. The van der Waals surface area contributed by atoms with Gasteiger partial charge in [-0.15, -0.1) is 0 Å². The van der Waals surface area contributed by atoms with Crippen LogP contribution in [0.2, 0.25) is 4.13 Å². The van der Waals surface area contributed by atoms with Gasteiger partial charge >= 0.3 is 73.8 Å². The summed E-state index contributed by atoms with van der Waals surface area (Å²) < 4.78 is 3.03. The van der Waals surface area contributed by atoms with Crippen LogP contribution in [-0.4, -0.2) is 4.98 Å². The van der Waals surface area contributed by atoms with Crippen LogP contribution in [0.5, 0.6) is 0 Å². The summed E-state index contributed by atoms with van der Waals surface area (Å²) in [6.45, 7) is 2.26. The molecule has 0 aliphatic carbocycles. The average molecular weight is 214 g/mol. The van der Waals surface area contributed by atoms with Gasteiger partial charge in [-0.05, 0) is 0 Å². The zero-order valence-corrected chi connectivity index (χ0v) is 8.81. The number of nitrogens with one attached hydrogen (secondary N) is 1. The Morgan fingerprint density at radius 2 is 2.50 bits per heavy atom. The Hall–Kier alpha value is 0.163. The number of hydrogen-bond donors (Lipinski definition) is 1. The zero-order valence-electron chi connectivity index (χ0n) is 6.35. The number of aromatic nitrogens is 1. The summed E-state index contributed by atoms with van der Waals surface area (Å²) in [5, 5.41) is 0. The second-order valence-electron chi connectivity index (χ2n) is 2.36. The molecule has 0 atom stereocenters. The molecule has 0 fully saturated rings. The molecule has 1 nitrogen and oxygen atoms in total. The fourth-order valence-corrected chi connectivity index (χ4v) is 3.79. The Morgan fingerprint density at radius 1 is 1.60 bits per heavy atom. The molecule has 0 spiro atoms. The van der Waals surface area contributed by atoms with Crippen molar-refractivity contribution in [2.45, 2.75) is 23.9 Å². The van der Waals surface area contributed by atoms with E-state index in [1.807, 2.05) is 6.20 Å². The molecule has 0 amide bonds. The van der Waals surface area contributed by atoms with E-state index < -0.39 is 0 Å². The van der Waals surface area contributed by atoms with E-state index in [1.54, 1.807) is 0 Å². The van der Waals surface area contributed by atoms with Gasteiger partial charge in [0.1, 0.15) is 0 Å². The number of hydrogen-bond acceptors (Lipinski definition) is 0.